The van der Waals surface area contributed by atoms with Gasteiger partial charge >= 0.3 is 0 Å². The summed E-state index contributed by atoms with van der Waals surface area (Å²) in [5, 5.41) is 13.8. The van der Waals surface area contributed by atoms with Gasteiger partial charge in [-0.05, 0) is 53.4 Å². The maximum atomic E-state index is 13.8. The predicted molar refractivity (Wildman–Crippen MR) is 145 cm³/mol. The van der Waals surface area contributed by atoms with Crippen molar-refractivity contribution in [2.45, 2.75) is 26.0 Å². The second kappa shape index (κ2) is 11.8. The summed E-state index contributed by atoms with van der Waals surface area (Å²) in [5.41, 5.74) is 2.87. The molecule has 6 nitrogen and oxygen atoms in total. The molecule has 3 aromatic carbocycles. The van der Waals surface area contributed by atoms with Crippen LogP contribution in [0.15, 0.2) is 82.8 Å². The van der Waals surface area contributed by atoms with Crippen LogP contribution in [0.5, 0.6) is 5.75 Å². The summed E-state index contributed by atoms with van der Waals surface area (Å²) in [7, 11) is 4.08. The Bertz CT molecular complexity index is 1300. The second-order valence-electron chi connectivity index (χ2n) is 9.59. The number of nitrogens with zero attached hydrogens (tertiary/aromatic N) is 1. The number of rotatable bonds is 9. The average molecular weight is 563 g/mol. The molecule has 7 heteroatoms. The third-order valence-electron chi connectivity index (χ3n) is 6.48. The molecule has 1 aliphatic heterocycles. The molecular formula is C30H31BrN2O4. The van der Waals surface area contributed by atoms with Crippen LogP contribution in [-0.2, 0) is 16.2 Å². The van der Waals surface area contributed by atoms with Crippen molar-refractivity contribution in [2.75, 3.05) is 27.2 Å². The molecule has 1 heterocycles. The largest absolute Gasteiger partial charge is 0.872 e. The first-order chi connectivity index (χ1) is 17.8. The first-order valence-electron chi connectivity index (χ1n) is 12.3. The van der Waals surface area contributed by atoms with E-state index >= 15 is 0 Å². The molecule has 192 valence electrons. The smallest absolute Gasteiger partial charge is 0.295 e. The molecule has 3 aromatic rings. The number of hydrogen-bond acceptors (Lipinski definition) is 4. The minimum atomic E-state index is -0.723. The number of quaternary nitrogens is 1. The Balaban J connectivity index is 1.68. The molecular weight excluding hydrogens is 532 g/mol. The highest BCUT2D eigenvalue weighted by Gasteiger charge is 2.44. The summed E-state index contributed by atoms with van der Waals surface area (Å²) in [6.07, 6.45) is 0.725. The van der Waals surface area contributed by atoms with Crippen LogP contribution in [-0.4, -0.2) is 43.8 Å². The maximum absolute atomic E-state index is 13.8. The Morgan fingerprint density at radius 2 is 1.73 bits per heavy atom. The van der Waals surface area contributed by atoms with Crippen molar-refractivity contribution in [3.63, 3.8) is 0 Å². The lowest BCUT2D eigenvalue weighted by atomic mass is 9.94. The van der Waals surface area contributed by atoms with Crippen LogP contribution >= 0.6 is 15.9 Å². The van der Waals surface area contributed by atoms with E-state index in [4.69, 9.17) is 4.74 Å². The average Bonchev–Trinajstić information content (AvgIpc) is 3.13. The highest BCUT2D eigenvalue weighted by Crippen LogP contribution is 2.39. The summed E-state index contributed by atoms with van der Waals surface area (Å²) < 4.78 is 6.78. The van der Waals surface area contributed by atoms with Gasteiger partial charge in [-0.2, -0.15) is 0 Å². The van der Waals surface area contributed by atoms with Crippen LogP contribution in [0.4, 0.5) is 0 Å². The number of carbonyl (C=O) groups excluding carboxylic acids is 2. The summed E-state index contributed by atoms with van der Waals surface area (Å²) in [4.78, 5) is 29.1. The van der Waals surface area contributed by atoms with Gasteiger partial charge in [0.15, 0.2) is 0 Å². The number of nitrogens with one attached hydrogen (secondary N) is 1. The standard InChI is InChI=1S/C30H31BrN2O4/c1-20-18-24(37-19-21-8-5-4-6-9-21)14-15-25(20)28(34)26-27(22-10-12-23(31)13-11-22)33(30(36)29(26)35)17-7-16-32(2)3/h4-6,8-15,18,27,34H,7,16-17,19H2,1-3H3/b28-26+. The van der Waals surface area contributed by atoms with Crippen molar-refractivity contribution >= 4 is 33.4 Å². The highest BCUT2D eigenvalue weighted by molar-refractivity contribution is 9.10. The molecule has 0 aliphatic carbocycles. The van der Waals surface area contributed by atoms with E-state index in [2.05, 4.69) is 15.9 Å². The van der Waals surface area contributed by atoms with Gasteiger partial charge in [0.05, 0.1) is 26.7 Å². The number of halogens is 1. The summed E-state index contributed by atoms with van der Waals surface area (Å²) in [6, 6.07) is 21.7. The number of benzene rings is 3. The van der Waals surface area contributed by atoms with Crippen LogP contribution in [0.1, 0.15) is 34.7 Å². The van der Waals surface area contributed by atoms with Gasteiger partial charge in [0, 0.05) is 23.0 Å². The van der Waals surface area contributed by atoms with Crippen molar-refractivity contribution in [1.82, 2.24) is 4.90 Å². The minimum Gasteiger partial charge on any atom is -0.872 e. The van der Waals surface area contributed by atoms with E-state index in [1.165, 1.54) is 4.90 Å². The number of amides is 1. The predicted octanol–water partition coefficient (Wildman–Crippen LogP) is 3.10. The molecule has 1 saturated heterocycles. The van der Waals surface area contributed by atoms with Crippen LogP contribution in [0, 0.1) is 6.92 Å². The van der Waals surface area contributed by atoms with E-state index in [0.29, 0.717) is 30.0 Å². The van der Waals surface area contributed by atoms with Crippen LogP contribution in [0.25, 0.3) is 5.76 Å². The zero-order chi connectivity index (χ0) is 26.5. The Kier molecular flexibility index (Phi) is 8.46. The normalized spacial score (nSPS) is 17.0. The van der Waals surface area contributed by atoms with E-state index < -0.39 is 23.5 Å². The first-order valence-corrected chi connectivity index (χ1v) is 13.1. The van der Waals surface area contributed by atoms with Crippen LogP contribution in [0.3, 0.4) is 0 Å². The third kappa shape index (κ3) is 6.12. The number of carbonyl (C=O) groups is 2. The lowest BCUT2D eigenvalue weighted by molar-refractivity contribution is -0.858. The van der Waals surface area contributed by atoms with Gasteiger partial charge in [-0.3, -0.25) is 9.59 Å². The molecule has 1 N–H and O–H groups in total. The quantitative estimate of drug-likeness (QED) is 0.247. The van der Waals surface area contributed by atoms with Crippen LogP contribution < -0.4 is 14.7 Å². The van der Waals surface area contributed by atoms with Gasteiger partial charge in [-0.1, -0.05) is 70.2 Å². The molecule has 37 heavy (non-hydrogen) atoms. The molecule has 4 rings (SSSR count). The first kappa shape index (κ1) is 26.6. The lowest BCUT2D eigenvalue weighted by Crippen LogP contribution is -3.05. The number of ketones is 1. The molecule has 0 saturated carbocycles. The van der Waals surface area contributed by atoms with Crippen molar-refractivity contribution in [3.8, 4) is 5.75 Å². The van der Waals surface area contributed by atoms with Gasteiger partial charge in [-0.15, -0.1) is 0 Å². The summed E-state index contributed by atoms with van der Waals surface area (Å²) >= 11 is 3.44. The number of aryl methyl sites for hydroxylation is 1. The van der Waals surface area contributed by atoms with Gasteiger partial charge in [0.1, 0.15) is 12.4 Å². The van der Waals surface area contributed by atoms with Crippen molar-refractivity contribution < 1.29 is 24.3 Å². The van der Waals surface area contributed by atoms with Gasteiger partial charge in [0.2, 0.25) is 5.78 Å². The van der Waals surface area contributed by atoms with E-state index in [-0.39, 0.29) is 5.57 Å². The SMILES string of the molecule is Cc1cc(OCc2ccccc2)ccc1/C([O-])=C1\C(=O)C(=O)N(CCC[NH+](C)C)C1c1ccc(Br)cc1. The van der Waals surface area contributed by atoms with Crippen molar-refractivity contribution in [3.05, 3.63) is 105 Å². The molecule has 1 fully saturated rings. The summed E-state index contributed by atoms with van der Waals surface area (Å²) in [6.45, 7) is 3.47. The second-order valence-corrected chi connectivity index (χ2v) is 10.5. The maximum Gasteiger partial charge on any atom is 0.295 e. The zero-order valence-electron chi connectivity index (χ0n) is 21.3. The lowest BCUT2D eigenvalue weighted by Gasteiger charge is -2.28. The third-order valence-corrected chi connectivity index (χ3v) is 7.01. The Morgan fingerprint density at radius 1 is 1.03 bits per heavy atom. The molecule has 1 atom stereocenters. The van der Waals surface area contributed by atoms with Crippen molar-refractivity contribution in [2.24, 2.45) is 0 Å². The molecule has 0 aromatic heterocycles. The number of ether oxygens (including phenoxy) is 1. The number of Topliss-reactive ketones (excluding diaryl/α,β-unsaturated/α-hetero) is 1. The molecule has 1 aliphatic rings. The van der Waals surface area contributed by atoms with Crippen LogP contribution in [0.2, 0.25) is 0 Å². The topological polar surface area (TPSA) is 74.1 Å². The molecule has 0 radical (unpaired) electrons. The number of likely N-dealkylation sites (tertiary alicyclic amines) is 1. The molecule has 1 amide bonds. The van der Waals surface area contributed by atoms with E-state index in [9.17, 15) is 14.7 Å². The Morgan fingerprint density at radius 3 is 2.38 bits per heavy atom. The fourth-order valence-electron chi connectivity index (χ4n) is 4.56. The van der Waals surface area contributed by atoms with E-state index in [1.54, 1.807) is 23.1 Å². The van der Waals surface area contributed by atoms with Crippen molar-refractivity contribution in [1.29, 1.82) is 0 Å². The molecule has 1 unspecified atom stereocenters. The Labute approximate surface area is 226 Å². The summed E-state index contributed by atoms with van der Waals surface area (Å²) in [5.74, 6) is -1.13. The van der Waals surface area contributed by atoms with Gasteiger partial charge in [0.25, 0.3) is 5.91 Å². The molecule has 0 spiro atoms. The number of hydrogen-bond donors (Lipinski definition) is 1. The monoisotopic (exact) mass is 562 g/mol. The van der Waals surface area contributed by atoms with E-state index in [1.807, 2.05) is 75.6 Å². The molecule has 0 bridgehead atoms. The Hall–Kier alpha value is -3.42. The highest BCUT2D eigenvalue weighted by atomic mass is 79.9. The van der Waals surface area contributed by atoms with Gasteiger partial charge in [-0.25, -0.2) is 0 Å². The fourth-order valence-corrected chi connectivity index (χ4v) is 4.83. The van der Waals surface area contributed by atoms with E-state index in [0.717, 1.165) is 28.6 Å². The zero-order valence-corrected chi connectivity index (χ0v) is 22.9. The minimum absolute atomic E-state index is 0.00516. The van der Waals surface area contributed by atoms with Gasteiger partial charge < -0.3 is 19.6 Å². The fraction of sp³-hybridized carbons (Fsp3) is 0.267.